The van der Waals surface area contributed by atoms with E-state index in [-0.39, 0.29) is 0 Å². The van der Waals surface area contributed by atoms with Gasteiger partial charge in [-0.15, -0.1) is 0 Å². The first kappa shape index (κ1) is 8.80. The summed E-state index contributed by atoms with van der Waals surface area (Å²) >= 11 is 0. The van der Waals surface area contributed by atoms with Crippen LogP contribution in [0.3, 0.4) is 0 Å². The average Bonchev–Trinajstić information content (AvgIpc) is 2.80. The Balaban J connectivity index is 2.35. The molecule has 2 atom stereocenters. The molecule has 0 spiro atoms. The third kappa shape index (κ3) is 1.20. The Labute approximate surface area is 81.0 Å². The Morgan fingerprint density at radius 1 is 1.23 bits per heavy atom. The minimum Gasteiger partial charge on any atom is -0.0622 e. The van der Waals surface area contributed by atoms with Gasteiger partial charge in [-0.05, 0) is 23.8 Å². The lowest BCUT2D eigenvalue weighted by Gasteiger charge is -2.21. The van der Waals surface area contributed by atoms with Crippen molar-refractivity contribution in [1.29, 1.82) is 0 Å². The first-order valence-electron chi connectivity index (χ1n) is 5.23. The van der Waals surface area contributed by atoms with Crippen LogP contribution in [0.5, 0.6) is 0 Å². The van der Waals surface area contributed by atoms with Crippen molar-refractivity contribution in [3.8, 4) is 0 Å². The summed E-state index contributed by atoms with van der Waals surface area (Å²) in [7, 11) is 0. The molecular weight excluding hydrogens is 156 g/mol. The molecule has 70 valence electrons. The molecule has 0 nitrogen and oxygen atoms in total. The molecule has 0 N–H and O–H groups in total. The lowest BCUT2D eigenvalue weighted by atomic mass is 9.83. The van der Waals surface area contributed by atoms with Crippen LogP contribution in [-0.4, -0.2) is 0 Å². The highest BCUT2D eigenvalue weighted by atomic mass is 14.6. The van der Waals surface area contributed by atoms with Crippen LogP contribution in [0.2, 0.25) is 0 Å². The van der Waals surface area contributed by atoms with Gasteiger partial charge in [0.15, 0.2) is 0 Å². The zero-order valence-electron chi connectivity index (χ0n) is 8.75. The minimum atomic E-state index is 0.501. The highest BCUT2D eigenvalue weighted by Gasteiger charge is 2.53. The van der Waals surface area contributed by atoms with Gasteiger partial charge >= 0.3 is 0 Å². The third-order valence-corrected chi connectivity index (χ3v) is 3.70. The molecule has 2 rings (SSSR count). The van der Waals surface area contributed by atoms with Gasteiger partial charge in [0.25, 0.3) is 0 Å². The van der Waals surface area contributed by atoms with Gasteiger partial charge in [0, 0.05) is 5.41 Å². The van der Waals surface area contributed by atoms with Crippen molar-refractivity contribution in [2.45, 2.75) is 32.6 Å². The molecule has 1 fully saturated rings. The summed E-state index contributed by atoms with van der Waals surface area (Å²) < 4.78 is 0. The molecule has 1 aromatic rings. The van der Waals surface area contributed by atoms with Gasteiger partial charge < -0.3 is 0 Å². The van der Waals surface area contributed by atoms with E-state index in [1.165, 1.54) is 12.0 Å². The monoisotopic (exact) mass is 174 g/mol. The van der Waals surface area contributed by atoms with Crippen molar-refractivity contribution in [3.63, 3.8) is 0 Å². The average molecular weight is 174 g/mol. The Morgan fingerprint density at radius 3 is 2.15 bits per heavy atom. The topological polar surface area (TPSA) is 0 Å². The molecule has 13 heavy (non-hydrogen) atoms. The van der Waals surface area contributed by atoms with E-state index >= 15 is 0 Å². The first-order valence-corrected chi connectivity index (χ1v) is 5.23. The van der Waals surface area contributed by atoms with E-state index in [9.17, 15) is 0 Å². The molecular formula is C13H18. The number of benzene rings is 1. The highest BCUT2D eigenvalue weighted by Crippen LogP contribution is 2.58. The zero-order chi connectivity index (χ0) is 9.47. The van der Waals surface area contributed by atoms with Crippen molar-refractivity contribution in [2.24, 2.45) is 11.8 Å². The molecule has 2 unspecified atom stereocenters. The molecule has 0 aliphatic heterocycles. The maximum Gasteiger partial charge on any atom is 0.000474 e. The largest absolute Gasteiger partial charge is 0.0622 e. The van der Waals surface area contributed by atoms with E-state index in [0.29, 0.717) is 5.41 Å². The fourth-order valence-corrected chi connectivity index (χ4v) is 2.74. The fraction of sp³-hybridized carbons (Fsp3) is 0.538. The summed E-state index contributed by atoms with van der Waals surface area (Å²) in [6, 6.07) is 11.0. The summed E-state index contributed by atoms with van der Waals surface area (Å²) in [6.45, 7) is 7.06. The van der Waals surface area contributed by atoms with Crippen LogP contribution >= 0.6 is 0 Å². The molecule has 1 saturated carbocycles. The van der Waals surface area contributed by atoms with Gasteiger partial charge in [0.2, 0.25) is 0 Å². The molecule has 0 heterocycles. The maximum atomic E-state index is 2.37. The van der Waals surface area contributed by atoms with Crippen LogP contribution in [-0.2, 0) is 5.41 Å². The molecule has 1 aliphatic rings. The molecule has 0 aromatic heterocycles. The summed E-state index contributed by atoms with van der Waals surface area (Å²) in [5, 5.41) is 0. The molecule has 0 bridgehead atoms. The predicted octanol–water partition coefficient (Wildman–Crippen LogP) is 3.62. The lowest BCUT2D eigenvalue weighted by Crippen LogP contribution is -2.16. The van der Waals surface area contributed by atoms with Crippen molar-refractivity contribution < 1.29 is 0 Å². The number of rotatable bonds is 2. The van der Waals surface area contributed by atoms with Crippen LogP contribution in [0.25, 0.3) is 0 Å². The van der Waals surface area contributed by atoms with Crippen molar-refractivity contribution in [2.75, 3.05) is 0 Å². The van der Waals surface area contributed by atoms with E-state index in [2.05, 4.69) is 51.1 Å². The maximum absolute atomic E-state index is 2.37. The Morgan fingerprint density at radius 2 is 1.77 bits per heavy atom. The Bertz CT molecular complexity index is 286. The molecule has 1 aromatic carbocycles. The van der Waals surface area contributed by atoms with Crippen molar-refractivity contribution in [3.05, 3.63) is 35.9 Å². The van der Waals surface area contributed by atoms with E-state index in [4.69, 9.17) is 0 Å². The predicted molar refractivity (Wildman–Crippen MR) is 56.7 cm³/mol. The van der Waals surface area contributed by atoms with Crippen molar-refractivity contribution in [1.82, 2.24) is 0 Å². The smallest absolute Gasteiger partial charge is 0.000474 e. The van der Waals surface area contributed by atoms with E-state index < -0.39 is 0 Å². The minimum absolute atomic E-state index is 0.501. The molecule has 0 heteroatoms. The van der Waals surface area contributed by atoms with Gasteiger partial charge in [-0.25, -0.2) is 0 Å². The summed E-state index contributed by atoms with van der Waals surface area (Å²) in [4.78, 5) is 0. The summed E-state index contributed by atoms with van der Waals surface area (Å²) in [6.07, 6.45) is 1.37. The molecule has 0 amide bonds. The normalized spacial score (nSPS) is 32.2. The molecule has 1 aliphatic carbocycles. The summed E-state index contributed by atoms with van der Waals surface area (Å²) in [5.41, 5.74) is 2.04. The van der Waals surface area contributed by atoms with E-state index in [1.807, 2.05) is 0 Å². The quantitative estimate of drug-likeness (QED) is 0.642. The Kier molecular flexibility index (Phi) is 1.94. The second kappa shape index (κ2) is 2.87. The number of hydrogen-bond acceptors (Lipinski definition) is 0. The fourth-order valence-electron chi connectivity index (χ4n) is 2.74. The van der Waals surface area contributed by atoms with Gasteiger partial charge in [-0.1, -0.05) is 51.1 Å². The SMILES string of the molecule is CC(C)C1(c2ccccc2)CC1C. The highest BCUT2D eigenvalue weighted by molar-refractivity contribution is 5.33. The molecule has 0 radical (unpaired) electrons. The first-order chi connectivity index (χ1) is 6.18. The van der Waals surface area contributed by atoms with Crippen LogP contribution in [0.1, 0.15) is 32.8 Å². The molecule has 0 saturated heterocycles. The van der Waals surface area contributed by atoms with E-state index in [1.54, 1.807) is 0 Å². The standard InChI is InChI=1S/C13H18/c1-10(2)13(9-11(13)3)12-7-5-4-6-8-12/h4-8,10-11H,9H2,1-3H3. The lowest BCUT2D eigenvalue weighted by molar-refractivity contribution is 0.449. The van der Waals surface area contributed by atoms with E-state index in [0.717, 1.165) is 11.8 Å². The van der Waals surface area contributed by atoms with Gasteiger partial charge in [0.05, 0.1) is 0 Å². The number of hydrogen-bond donors (Lipinski definition) is 0. The third-order valence-electron chi connectivity index (χ3n) is 3.70. The van der Waals surface area contributed by atoms with Crippen LogP contribution in [0, 0.1) is 11.8 Å². The van der Waals surface area contributed by atoms with Gasteiger partial charge in [-0.3, -0.25) is 0 Å². The van der Waals surface area contributed by atoms with Gasteiger partial charge in [0.1, 0.15) is 0 Å². The second-order valence-corrected chi connectivity index (χ2v) is 4.67. The summed E-state index contributed by atoms with van der Waals surface area (Å²) in [5.74, 6) is 1.64. The van der Waals surface area contributed by atoms with Crippen LogP contribution in [0.15, 0.2) is 30.3 Å². The van der Waals surface area contributed by atoms with Crippen molar-refractivity contribution >= 4 is 0 Å². The second-order valence-electron chi connectivity index (χ2n) is 4.67. The Hall–Kier alpha value is -0.780. The van der Waals surface area contributed by atoms with Crippen LogP contribution < -0.4 is 0 Å². The zero-order valence-corrected chi connectivity index (χ0v) is 8.75. The van der Waals surface area contributed by atoms with Gasteiger partial charge in [-0.2, -0.15) is 0 Å². The van der Waals surface area contributed by atoms with Crippen LogP contribution in [0.4, 0.5) is 0 Å².